The molecule has 0 aliphatic rings. The lowest BCUT2D eigenvalue weighted by atomic mass is 10.1. The molecular formula is C14H14N2O4. The van der Waals surface area contributed by atoms with Gasteiger partial charge in [0, 0.05) is 11.6 Å². The van der Waals surface area contributed by atoms with E-state index in [4.69, 9.17) is 4.42 Å². The highest BCUT2D eigenvalue weighted by atomic mass is 16.6. The molecule has 0 fully saturated rings. The largest absolute Gasteiger partial charge is 0.467 e. The summed E-state index contributed by atoms with van der Waals surface area (Å²) in [6.45, 7) is 1.79. The Labute approximate surface area is 115 Å². The summed E-state index contributed by atoms with van der Waals surface area (Å²) in [5.74, 6) is 0.351. The van der Waals surface area contributed by atoms with Gasteiger partial charge in [-0.2, -0.15) is 0 Å². The second-order valence-corrected chi connectivity index (χ2v) is 4.37. The minimum atomic E-state index is -0.488. The Morgan fingerprint density at radius 1 is 1.35 bits per heavy atom. The second-order valence-electron chi connectivity index (χ2n) is 4.37. The number of nitrogens with zero attached hydrogens (tertiary/aromatic N) is 1. The van der Waals surface area contributed by atoms with Crippen molar-refractivity contribution in [3.63, 3.8) is 0 Å². The highest BCUT2D eigenvalue weighted by molar-refractivity contribution is 5.80. The topological polar surface area (TPSA) is 85.4 Å². The fraction of sp³-hybridized carbons (Fsp3) is 0.214. The summed E-state index contributed by atoms with van der Waals surface area (Å²) in [6, 6.07) is 9.43. The Morgan fingerprint density at radius 3 is 2.75 bits per heavy atom. The molecule has 1 heterocycles. The molecule has 2 rings (SSSR count). The minimum Gasteiger partial charge on any atom is -0.467 e. The Bertz CT molecular complexity index is 607. The lowest BCUT2D eigenvalue weighted by Crippen LogP contribution is -2.28. The minimum absolute atomic E-state index is 0.0395. The first-order chi connectivity index (χ1) is 9.58. The number of amides is 1. The van der Waals surface area contributed by atoms with Crippen LogP contribution in [0.5, 0.6) is 0 Å². The quantitative estimate of drug-likeness (QED) is 0.670. The van der Waals surface area contributed by atoms with Crippen LogP contribution in [0.1, 0.15) is 24.3 Å². The summed E-state index contributed by atoms with van der Waals surface area (Å²) in [5, 5.41) is 13.6. The van der Waals surface area contributed by atoms with Gasteiger partial charge in [-0.15, -0.1) is 0 Å². The molecular weight excluding hydrogens is 260 g/mol. The standard InChI is InChI=1S/C14H14N2O4/c1-10(13-7-4-8-20-13)15-14(17)9-11-5-2-3-6-12(11)16(18)19/h2-8,10H,9H2,1H3,(H,15,17). The first-order valence-corrected chi connectivity index (χ1v) is 6.13. The average Bonchev–Trinajstić information content (AvgIpc) is 2.92. The van der Waals surface area contributed by atoms with E-state index in [2.05, 4.69) is 5.32 Å². The highest BCUT2D eigenvalue weighted by Crippen LogP contribution is 2.19. The zero-order chi connectivity index (χ0) is 14.5. The van der Waals surface area contributed by atoms with Crippen LogP contribution in [0.15, 0.2) is 47.1 Å². The van der Waals surface area contributed by atoms with E-state index in [1.54, 1.807) is 37.3 Å². The van der Waals surface area contributed by atoms with Gasteiger partial charge in [-0.3, -0.25) is 14.9 Å². The van der Waals surface area contributed by atoms with Crippen molar-refractivity contribution in [1.29, 1.82) is 0 Å². The van der Waals surface area contributed by atoms with Gasteiger partial charge in [-0.1, -0.05) is 18.2 Å². The molecule has 0 saturated heterocycles. The molecule has 0 spiro atoms. The van der Waals surface area contributed by atoms with Gasteiger partial charge in [0.15, 0.2) is 0 Å². The van der Waals surface area contributed by atoms with Crippen molar-refractivity contribution in [3.8, 4) is 0 Å². The number of benzene rings is 1. The van der Waals surface area contributed by atoms with Crippen molar-refractivity contribution >= 4 is 11.6 Å². The monoisotopic (exact) mass is 274 g/mol. The van der Waals surface area contributed by atoms with E-state index in [0.29, 0.717) is 11.3 Å². The maximum atomic E-state index is 11.9. The normalized spacial score (nSPS) is 11.8. The molecule has 0 bridgehead atoms. The fourth-order valence-corrected chi connectivity index (χ4v) is 1.91. The molecule has 1 unspecified atom stereocenters. The number of nitro groups is 1. The third-order valence-electron chi connectivity index (χ3n) is 2.89. The van der Waals surface area contributed by atoms with E-state index < -0.39 is 4.92 Å². The van der Waals surface area contributed by atoms with Crippen LogP contribution in [0, 0.1) is 10.1 Å². The summed E-state index contributed by atoms with van der Waals surface area (Å²) in [5.41, 5.74) is 0.343. The van der Waals surface area contributed by atoms with Crippen LogP contribution in [-0.4, -0.2) is 10.8 Å². The van der Waals surface area contributed by atoms with Crippen LogP contribution in [-0.2, 0) is 11.2 Å². The van der Waals surface area contributed by atoms with Crippen LogP contribution in [0.25, 0.3) is 0 Å². The molecule has 0 saturated carbocycles. The van der Waals surface area contributed by atoms with E-state index in [9.17, 15) is 14.9 Å². The summed E-state index contributed by atoms with van der Waals surface area (Å²) < 4.78 is 5.19. The van der Waals surface area contributed by atoms with Crippen molar-refractivity contribution in [2.45, 2.75) is 19.4 Å². The van der Waals surface area contributed by atoms with E-state index >= 15 is 0 Å². The zero-order valence-electron chi connectivity index (χ0n) is 10.9. The summed E-state index contributed by atoms with van der Waals surface area (Å²) >= 11 is 0. The average molecular weight is 274 g/mol. The van der Waals surface area contributed by atoms with E-state index in [1.165, 1.54) is 12.3 Å². The first-order valence-electron chi connectivity index (χ1n) is 6.13. The number of carbonyl (C=O) groups is 1. The van der Waals surface area contributed by atoms with Crippen LogP contribution in [0.3, 0.4) is 0 Å². The highest BCUT2D eigenvalue weighted by Gasteiger charge is 2.17. The van der Waals surface area contributed by atoms with Gasteiger partial charge in [0.05, 0.1) is 23.6 Å². The zero-order valence-corrected chi connectivity index (χ0v) is 10.9. The van der Waals surface area contributed by atoms with Gasteiger partial charge < -0.3 is 9.73 Å². The van der Waals surface area contributed by atoms with Gasteiger partial charge in [0.25, 0.3) is 5.69 Å². The summed E-state index contributed by atoms with van der Waals surface area (Å²) in [6.07, 6.45) is 1.49. The maximum absolute atomic E-state index is 11.9. The van der Waals surface area contributed by atoms with Crippen LogP contribution < -0.4 is 5.32 Å². The molecule has 0 radical (unpaired) electrons. The molecule has 104 valence electrons. The lowest BCUT2D eigenvalue weighted by Gasteiger charge is -2.11. The van der Waals surface area contributed by atoms with E-state index in [0.717, 1.165) is 0 Å². The molecule has 1 atom stereocenters. The van der Waals surface area contributed by atoms with Gasteiger partial charge >= 0.3 is 0 Å². The number of nitro benzene ring substituents is 1. The molecule has 1 amide bonds. The Hall–Kier alpha value is -2.63. The third-order valence-corrected chi connectivity index (χ3v) is 2.89. The number of nitrogens with one attached hydrogen (secondary N) is 1. The molecule has 0 aliphatic carbocycles. The van der Waals surface area contributed by atoms with Gasteiger partial charge in [0.1, 0.15) is 5.76 Å². The number of rotatable bonds is 5. The number of furan rings is 1. The summed E-state index contributed by atoms with van der Waals surface area (Å²) in [4.78, 5) is 22.3. The van der Waals surface area contributed by atoms with E-state index in [-0.39, 0.29) is 24.1 Å². The Morgan fingerprint density at radius 2 is 2.10 bits per heavy atom. The fourth-order valence-electron chi connectivity index (χ4n) is 1.91. The second kappa shape index (κ2) is 6.01. The van der Waals surface area contributed by atoms with Gasteiger partial charge in [-0.25, -0.2) is 0 Å². The molecule has 6 nitrogen and oxygen atoms in total. The molecule has 2 aromatic rings. The number of para-hydroxylation sites is 1. The number of hydrogen-bond acceptors (Lipinski definition) is 4. The van der Waals surface area contributed by atoms with Crippen LogP contribution >= 0.6 is 0 Å². The first kappa shape index (κ1) is 13.8. The van der Waals surface area contributed by atoms with Crippen molar-refractivity contribution in [2.75, 3.05) is 0 Å². The van der Waals surface area contributed by atoms with Crippen molar-refractivity contribution in [3.05, 3.63) is 64.1 Å². The predicted octanol–water partition coefficient (Wildman–Crippen LogP) is 2.61. The van der Waals surface area contributed by atoms with Gasteiger partial charge in [0.2, 0.25) is 5.91 Å². The van der Waals surface area contributed by atoms with Crippen LogP contribution in [0.4, 0.5) is 5.69 Å². The molecule has 1 aromatic carbocycles. The predicted molar refractivity (Wildman–Crippen MR) is 72.1 cm³/mol. The van der Waals surface area contributed by atoms with Crippen molar-refractivity contribution in [1.82, 2.24) is 5.32 Å². The molecule has 1 N–H and O–H groups in total. The Balaban J connectivity index is 2.03. The van der Waals surface area contributed by atoms with E-state index in [1.807, 2.05) is 0 Å². The number of hydrogen-bond donors (Lipinski definition) is 1. The molecule has 1 aromatic heterocycles. The maximum Gasteiger partial charge on any atom is 0.273 e. The molecule has 20 heavy (non-hydrogen) atoms. The smallest absolute Gasteiger partial charge is 0.273 e. The van der Waals surface area contributed by atoms with Crippen LogP contribution in [0.2, 0.25) is 0 Å². The lowest BCUT2D eigenvalue weighted by molar-refractivity contribution is -0.385. The molecule has 6 heteroatoms. The number of carbonyl (C=O) groups excluding carboxylic acids is 1. The van der Waals surface area contributed by atoms with Gasteiger partial charge in [-0.05, 0) is 19.1 Å². The van der Waals surface area contributed by atoms with Crippen molar-refractivity contribution < 1.29 is 14.1 Å². The molecule has 0 aliphatic heterocycles. The third kappa shape index (κ3) is 3.23. The summed E-state index contributed by atoms with van der Waals surface area (Å²) in [7, 11) is 0. The Kier molecular flexibility index (Phi) is 4.14. The van der Waals surface area contributed by atoms with Crippen molar-refractivity contribution in [2.24, 2.45) is 0 Å². The SMILES string of the molecule is CC(NC(=O)Cc1ccccc1[N+](=O)[O-])c1ccco1.